The highest BCUT2D eigenvalue weighted by molar-refractivity contribution is 5.87. The first-order valence-corrected chi connectivity index (χ1v) is 14.1. The second-order valence-electron chi connectivity index (χ2n) is 11.1. The third kappa shape index (κ3) is 6.15. The number of rotatable bonds is 9. The molecule has 0 bridgehead atoms. The Balaban J connectivity index is 1.56. The van der Waals surface area contributed by atoms with Crippen LogP contribution in [0.2, 0.25) is 0 Å². The predicted molar refractivity (Wildman–Crippen MR) is 169 cm³/mol. The van der Waals surface area contributed by atoms with Crippen molar-refractivity contribution in [3.05, 3.63) is 144 Å². The summed E-state index contributed by atoms with van der Waals surface area (Å²) in [5.41, 5.74) is 9.58. The number of nitrogen functional groups attached to an aromatic ring is 1. The Hall–Kier alpha value is -5.04. The van der Waals surface area contributed by atoms with Crippen LogP contribution in [-0.2, 0) is 16.8 Å². The Morgan fingerprint density at radius 3 is 1.69 bits per heavy atom. The first-order valence-electron chi connectivity index (χ1n) is 14.1. The molecule has 0 saturated heterocycles. The van der Waals surface area contributed by atoms with E-state index < -0.39 is 17.2 Å². The van der Waals surface area contributed by atoms with E-state index in [0.29, 0.717) is 24.6 Å². The van der Waals surface area contributed by atoms with Gasteiger partial charge in [0.1, 0.15) is 17.0 Å². The van der Waals surface area contributed by atoms with Gasteiger partial charge in [0.15, 0.2) is 0 Å². The molecule has 0 spiro atoms. The van der Waals surface area contributed by atoms with Gasteiger partial charge in [0, 0.05) is 12.2 Å². The van der Waals surface area contributed by atoms with E-state index in [-0.39, 0.29) is 0 Å². The molecule has 0 unspecified atom stereocenters. The molecule has 214 valence electrons. The number of ether oxygens (including phenoxy) is 1. The fraction of sp³-hybridized carbons (Fsp3) is 0.200. The number of para-hydroxylation sites is 1. The van der Waals surface area contributed by atoms with Crippen LogP contribution in [0.25, 0.3) is 0 Å². The van der Waals surface area contributed by atoms with Gasteiger partial charge in [0.25, 0.3) is 0 Å². The number of nitrogens with one attached hydrogen (secondary N) is 1. The summed E-state index contributed by atoms with van der Waals surface area (Å²) in [4.78, 5) is 14.9. The Kier molecular flexibility index (Phi) is 8.29. The van der Waals surface area contributed by atoms with Gasteiger partial charge in [-0.2, -0.15) is 5.10 Å². The number of carbonyl (C=O) groups is 1. The van der Waals surface area contributed by atoms with Gasteiger partial charge in [-0.05, 0) is 49.6 Å². The average Bonchev–Trinajstić information content (AvgIpc) is 3.35. The number of nitrogens with zero attached hydrogens (tertiary/aromatic N) is 3. The molecule has 0 radical (unpaired) electrons. The molecule has 42 heavy (non-hydrogen) atoms. The largest absolute Gasteiger partial charge is 0.443 e. The lowest BCUT2D eigenvalue weighted by atomic mass is 9.77. The Morgan fingerprint density at radius 2 is 1.24 bits per heavy atom. The highest BCUT2D eigenvalue weighted by Crippen LogP contribution is 2.41. The lowest BCUT2D eigenvalue weighted by Crippen LogP contribution is -2.40. The van der Waals surface area contributed by atoms with Crippen molar-refractivity contribution < 1.29 is 9.53 Å². The molecule has 4 aromatic carbocycles. The molecule has 0 atom stereocenters. The number of benzene rings is 4. The van der Waals surface area contributed by atoms with Crippen LogP contribution in [0.3, 0.4) is 0 Å². The molecule has 5 rings (SSSR count). The number of nitrogens with two attached hydrogens (primary N) is 1. The van der Waals surface area contributed by atoms with E-state index in [4.69, 9.17) is 10.5 Å². The summed E-state index contributed by atoms with van der Waals surface area (Å²) in [6, 6.07) is 40.5. The maximum absolute atomic E-state index is 13.3. The van der Waals surface area contributed by atoms with E-state index in [0.717, 1.165) is 22.4 Å². The molecule has 1 amide bonds. The van der Waals surface area contributed by atoms with E-state index in [1.54, 1.807) is 11.1 Å². The van der Waals surface area contributed by atoms with E-state index >= 15 is 0 Å². The van der Waals surface area contributed by atoms with Gasteiger partial charge < -0.3 is 15.8 Å². The van der Waals surface area contributed by atoms with Crippen LogP contribution in [0.4, 0.5) is 22.0 Å². The van der Waals surface area contributed by atoms with Crippen molar-refractivity contribution in [2.75, 3.05) is 22.5 Å². The van der Waals surface area contributed by atoms with Crippen LogP contribution in [0, 0.1) is 0 Å². The quantitative estimate of drug-likeness (QED) is 0.185. The van der Waals surface area contributed by atoms with Gasteiger partial charge in [-0.1, -0.05) is 109 Å². The SMILES string of the molecule is CC(C)(C)OC(=O)N(CCn1ncc(N)c1NC(c1ccccc1)(c1ccccc1)c1ccccc1)c1ccccc1. The fourth-order valence-electron chi connectivity index (χ4n) is 5.11. The smallest absolute Gasteiger partial charge is 0.414 e. The standard InChI is InChI=1S/C35H37N5O2/c1-34(2,3)42-33(41)39(30-22-14-7-15-23-30)24-25-40-32(31(36)26-37-40)38-35(27-16-8-4-9-17-27,28-18-10-5-11-19-28)29-20-12-6-13-21-29/h4-23,26,38H,24-25,36H2,1-3H3. The van der Waals surface area contributed by atoms with Crippen molar-refractivity contribution in [3.63, 3.8) is 0 Å². The summed E-state index contributed by atoms with van der Waals surface area (Å²) in [5.74, 6) is 0.656. The van der Waals surface area contributed by atoms with Crippen molar-refractivity contribution in [3.8, 4) is 0 Å². The first-order chi connectivity index (χ1) is 20.3. The molecule has 0 aliphatic heterocycles. The number of anilines is 3. The van der Waals surface area contributed by atoms with Gasteiger partial charge in [-0.15, -0.1) is 0 Å². The minimum atomic E-state index is -0.778. The topological polar surface area (TPSA) is 85.4 Å². The summed E-state index contributed by atoms with van der Waals surface area (Å²) >= 11 is 0. The highest BCUT2D eigenvalue weighted by atomic mass is 16.6. The molecule has 0 aliphatic carbocycles. The zero-order chi connectivity index (χ0) is 29.6. The zero-order valence-electron chi connectivity index (χ0n) is 24.3. The molecule has 0 fully saturated rings. The van der Waals surface area contributed by atoms with E-state index in [2.05, 4.69) is 46.8 Å². The average molecular weight is 560 g/mol. The van der Waals surface area contributed by atoms with Gasteiger partial charge in [0.2, 0.25) is 0 Å². The van der Waals surface area contributed by atoms with Crippen LogP contribution in [-0.4, -0.2) is 28.0 Å². The molecule has 5 aromatic rings. The molecule has 7 heteroatoms. The van der Waals surface area contributed by atoms with E-state index in [1.807, 2.05) is 110 Å². The molecule has 1 heterocycles. The van der Waals surface area contributed by atoms with Crippen LogP contribution < -0.4 is 16.0 Å². The molecular weight excluding hydrogens is 522 g/mol. The highest BCUT2D eigenvalue weighted by Gasteiger charge is 2.38. The van der Waals surface area contributed by atoms with Crippen molar-refractivity contribution in [1.29, 1.82) is 0 Å². The first kappa shape index (κ1) is 28.5. The molecule has 0 saturated carbocycles. The van der Waals surface area contributed by atoms with E-state index in [1.165, 1.54) is 0 Å². The van der Waals surface area contributed by atoms with Crippen molar-refractivity contribution in [2.24, 2.45) is 0 Å². The molecular formula is C35H37N5O2. The Bertz CT molecular complexity index is 1480. The lowest BCUT2D eigenvalue weighted by Gasteiger charge is -2.38. The summed E-state index contributed by atoms with van der Waals surface area (Å²) in [7, 11) is 0. The summed E-state index contributed by atoms with van der Waals surface area (Å²) in [5, 5.41) is 8.46. The third-order valence-electron chi connectivity index (χ3n) is 7.01. The summed E-state index contributed by atoms with van der Waals surface area (Å²) in [6.07, 6.45) is 1.23. The van der Waals surface area contributed by atoms with Crippen LogP contribution in [0.5, 0.6) is 0 Å². The van der Waals surface area contributed by atoms with Crippen molar-refractivity contribution in [2.45, 2.75) is 38.5 Å². The predicted octanol–water partition coefficient (Wildman–Crippen LogP) is 7.31. The second-order valence-corrected chi connectivity index (χ2v) is 11.1. The lowest BCUT2D eigenvalue weighted by molar-refractivity contribution is 0.0579. The van der Waals surface area contributed by atoms with Crippen molar-refractivity contribution >= 4 is 23.3 Å². The third-order valence-corrected chi connectivity index (χ3v) is 7.01. The van der Waals surface area contributed by atoms with Crippen LogP contribution in [0.1, 0.15) is 37.5 Å². The maximum atomic E-state index is 13.3. The minimum absolute atomic E-state index is 0.323. The van der Waals surface area contributed by atoms with E-state index in [9.17, 15) is 4.79 Å². The Labute approximate surface area is 247 Å². The van der Waals surface area contributed by atoms with Gasteiger partial charge in [-0.3, -0.25) is 4.90 Å². The second kappa shape index (κ2) is 12.2. The van der Waals surface area contributed by atoms with Crippen LogP contribution in [0.15, 0.2) is 128 Å². The van der Waals surface area contributed by atoms with Gasteiger partial charge in [0.05, 0.1) is 18.4 Å². The molecule has 1 aromatic heterocycles. The monoisotopic (exact) mass is 559 g/mol. The number of hydrogen-bond acceptors (Lipinski definition) is 5. The molecule has 3 N–H and O–H groups in total. The maximum Gasteiger partial charge on any atom is 0.414 e. The van der Waals surface area contributed by atoms with Crippen molar-refractivity contribution in [1.82, 2.24) is 9.78 Å². The van der Waals surface area contributed by atoms with Gasteiger partial charge in [-0.25, -0.2) is 9.48 Å². The number of carbonyl (C=O) groups excluding carboxylic acids is 1. The summed E-state index contributed by atoms with van der Waals surface area (Å²) < 4.78 is 7.57. The van der Waals surface area contributed by atoms with Crippen LogP contribution >= 0.6 is 0 Å². The minimum Gasteiger partial charge on any atom is -0.443 e. The summed E-state index contributed by atoms with van der Waals surface area (Å²) in [6.45, 7) is 6.29. The van der Waals surface area contributed by atoms with Gasteiger partial charge >= 0.3 is 6.09 Å². The molecule has 7 nitrogen and oxygen atoms in total. The number of hydrogen-bond donors (Lipinski definition) is 2. The number of aromatic nitrogens is 2. The zero-order valence-corrected chi connectivity index (χ0v) is 24.3. The molecule has 0 aliphatic rings. The fourth-order valence-corrected chi connectivity index (χ4v) is 5.11. The Morgan fingerprint density at radius 1 is 0.786 bits per heavy atom. The normalized spacial score (nSPS) is 11.6. The number of amides is 1.